The Morgan fingerprint density at radius 3 is 1.66 bits per heavy atom. The van der Waals surface area contributed by atoms with Crippen molar-refractivity contribution in [1.82, 2.24) is 0 Å². The number of benzene rings is 8. The fourth-order valence-electron chi connectivity index (χ4n) is 9.79. The van der Waals surface area contributed by atoms with Crippen molar-refractivity contribution in [3.05, 3.63) is 253 Å². The van der Waals surface area contributed by atoms with E-state index < -0.39 is 0 Å². The minimum absolute atomic E-state index is 0.241. The third-order valence-electron chi connectivity index (χ3n) is 13.1. The molecule has 3 aliphatic carbocycles. The molecular formula is C62H50N2. The summed E-state index contributed by atoms with van der Waals surface area (Å²) in [6, 6.07) is 68.9. The van der Waals surface area contributed by atoms with E-state index in [9.17, 15) is 0 Å². The molecule has 1 unspecified atom stereocenters. The summed E-state index contributed by atoms with van der Waals surface area (Å²) in [5, 5.41) is 2.52. The molecule has 0 saturated carbocycles. The van der Waals surface area contributed by atoms with Crippen molar-refractivity contribution in [3.8, 4) is 33.4 Å². The van der Waals surface area contributed by atoms with Gasteiger partial charge >= 0.3 is 0 Å². The molecular weight excluding hydrogens is 773 g/mol. The fourth-order valence-corrected chi connectivity index (χ4v) is 9.79. The number of anilines is 4. The summed E-state index contributed by atoms with van der Waals surface area (Å²) < 4.78 is 0. The molecule has 0 saturated heterocycles. The van der Waals surface area contributed by atoms with Gasteiger partial charge in [-0.15, -0.1) is 0 Å². The number of allylic oxidation sites excluding steroid dienone is 6. The average molecular weight is 823 g/mol. The zero-order chi connectivity index (χ0) is 42.7. The topological polar surface area (TPSA) is 6.48 Å². The van der Waals surface area contributed by atoms with Crippen LogP contribution in [0.3, 0.4) is 0 Å². The van der Waals surface area contributed by atoms with Crippen molar-refractivity contribution >= 4 is 45.2 Å². The molecule has 0 fully saturated rings. The lowest BCUT2D eigenvalue weighted by Gasteiger charge is -2.35. The van der Waals surface area contributed by atoms with Crippen LogP contribution in [0.1, 0.15) is 42.4 Å². The summed E-state index contributed by atoms with van der Waals surface area (Å²) in [7, 11) is 0. The molecule has 0 amide bonds. The normalized spacial score (nSPS) is 15.3. The second-order valence-electron chi connectivity index (χ2n) is 17.0. The Kier molecular flexibility index (Phi) is 10.8. The Balaban J connectivity index is 0.814. The van der Waals surface area contributed by atoms with Crippen LogP contribution in [0, 0.1) is 0 Å². The fraction of sp³-hybridized carbons (Fsp3) is 0.0968. The lowest BCUT2D eigenvalue weighted by atomic mass is 9.87. The van der Waals surface area contributed by atoms with Gasteiger partial charge in [-0.25, -0.2) is 0 Å². The van der Waals surface area contributed by atoms with Gasteiger partial charge in [0.25, 0.3) is 0 Å². The highest BCUT2D eigenvalue weighted by atomic mass is 15.2. The van der Waals surface area contributed by atoms with Crippen LogP contribution in [0.15, 0.2) is 236 Å². The first-order valence-electron chi connectivity index (χ1n) is 22.8. The molecule has 2 nitrogen and oxygen atoms in total. The Bertz CT molecular complexity index is 3090. The van der Waals surface area contributed by atoms with Crippen molar-refractivity contribution in [3.63, 3.8) is 0 Å². The highest BCUT2D eigenvalue weighted by Gasteiger charge is 2.23. The highest BCUT2D eigenvalue weighted by molar-refractivity contribution is 5.97. The standard InChI is InChI=1S/C62H50N2/c1-3-17-53(18-4-1)63(57-41-33-51(34-42-57)61-23-11-15-49-13-7-9-21-59(49)61)55-37-29-47(30-38-55)45-25-27-46(28-26-45)48-31-39-56(40-32-48)64(54-19-5-2-6-20-54)58-43-35-52(36-44-58)62-24-12-16-50-14-8-10-22-60(50)62/h1,3-5,7,9-13,15-43,58H,2,6,8,14,44H2. The van der Waals surface area contributed by atoms with E-state index in [1.54, 1.807) is 0 Å². The molecule has 8 aromatic rings. The summed E-state index contributed by atoms with van der Waals surface area (Å²) in [6.45, 7) is 0. The van der Waals surface area contributed by atoms with Gasteiger partial charge in [0.15, 0.2) is 0 Å². The first-order valence-corrected chi connectivity index (χ1v) is 22.8. The number of fused-ring (bicyclic) bond motifs is 2. The summed E-state index contributed by atoms with van der Waals surface area (Å²) in [6.07, 6.45) is 24.2. The lowest BCUT2D eigenvalue weighted by molar-refractivity contribution is 0.756. The monoisotopic (exact) mass is 822 g/mol. The number of hydrogen-bond donors (Lipinski definition) is 0. The SMILES string of the molecule is C1=CC(N(c2ccc(-c3ccc(-c4ccc(N(c5ccccc5)c5ccc(-c6cccc7ccccc67)cc5)cc4)cc3)cc2)C2C=CC(c3cccc4c3C=CCC4)=CC2)=CCC1. The van der Waals surface area contributed by atoms with Crippen LogP contribution in [0.2, 0.25) is 0 Å². The largest absolute Gasteiger partial charge is 0.335 e. The average Bonchev–Trinajstić information content (AvgIpc) is 3.38. The second kappa shape index (κ2) is 17.6. The van der Waals surface area contributed by atoms with Crippen LogP contribution in [-0.4, -0.2) is 6.04 Å². The molecule has 11 rings (SSSR count). The Labute approximate surface area is 377 Å². The van der Waals surface area contributed by atoms with E-state index in [0.717, 1.165) is 49.2 Å². The first-order chi connectivity index (χ1) is 31.7. The maximum absolute atomic E-state index is 2.52. The molecule has 2 heteroatoms. The van der Waals surface area contributed by atoms with Gasteiger partial charge < -0.3 is 9.80 Å². The number of aryl methyl sites for hydroxylation is 1. The third-order valence-corrected chi connectivity index (χ3v) is 13.1. The smallest absolute Gasteiger partial charge is 0.0560 e. The van der Waals surface area contributed by atoms with E-state index in [-0.39, 0.29) is 6.04 Å². The van der Waals surface area contributed by atoms with Gasteiger partial charge in [-0.05, 0) is 153 Å². The summed E-state index contributed by atoms with van der Waals surface area (Å²) >= 11 is 0. The molecule has 0 spiro atoms. The number of para-hydroxylation sites is 1. The molecule has 0 aliphatic heterocycles. The maximum atomic E-state index is 2.52. The second-order valence-corrected chi connectivity index (χ2v) is 17.0. The minimum Gasteiger partial charge on any atom is -0.335 e. The van der Waals surface area contributed by atoms with Crippen molar-refractivity contribution in [1.29, 1.82) is 0 Å². The van der Waals surface area contributed by atoms with Gasteiger partial charge in [-0.2, -0.15) is 0 Å². The molecule has 308 valence electrons. The van der Waals surface area contributed by atoms with Gasteiger partial charge in [0.2, 0.25) is 0 Å². The quantitative estimate of drug-likeness (QED) is 0.136. The highest BCUT2D eigenvalue weighted by Crippen LogP contribution is 2.39. The van der Waals surface area contributed by atoms with E-state index in [1.165, 1.54) is 77.8 Å². The predicted molar refractivity (Wildman–Crippen MR) is 273 cm³/mol. The van der Waals surface area contributed by atoms with Gasteiger partial charge in [0.1, 0.15) is 0 Å². The third kappa shape index (κ3) is 7.84. The first kappa shape index (κ1) is 39.2. The number of nitrogens with zero attached hydrogens (tertiary/aromatic N) is 2. The zero-order valence-electron chi connectivity index (χ0n) is 36.0. The van der Waals surface area contributed by atoms with E-state index >= 15 is 0 Å². The maximum Gasteiger partial charge on any atom is 0.0560 e. The van der Waals surface area contributed by atoms with Gasteiger partial charge in [0, 0.05) is 28.4 Å². The molecule has 1 atom stereocenters. The van der Waals surface area contributed by atoms with E-state index in [4.69, 9.17) is 0 Å². The molecule has 0 aromatic heterocycles. The van der Waals surface area contributed by atoms with Gasteiger partial charge in [-0.3, -0.25) is 0 Å². The Morgan fingerprint density at radius 1 is 0.406 bits per heavy atom. The summed E-state index contributed by atoms with van der Waals surface area (Å²) in [4.78, 5) is 4.86. The zero-order valence-corrected chi connectivity index (χ0v) is 36.0. The Hall–Kier alpha value is -7.68. The Morgan fingerprint density at radius 2 is 0.984 bits per heavy atom. The van der Waals surface area contributed by atoms with Crippen LogP contribution in [0.5, 0.6) is 0 Å². The summed E-state index contributed by atoms with van der Waals surface area (Å²) in [5.74, 6) is 0. The van der Waals surface area contributed by atoms with Crippen molar-refractivity contribution in [2.75, 3.05) is 9.80 Å². The van der Waals surface area contributed by atoms with Gasteiger partial charge in [-0.1, -0.05) is 182 Å². The van der Waals surface area contributed by atoms with Crippen molar-refractivity contribution in [2.24, 2.45) is 0 Å². The van der Waals surface area contributed by atoms with Crippen molar-refractivity contribution < 1.29 is 0 Å². The van der Waals surface area contributed by atoms with E-state index in [0.29, 0.717) is 0 Å². The predicted octanol–water partition coefficient (Wildman–Crippen LogP) is 16.7. The molecule has 0 bridgehead atoms. The van der Waals surface area contributed by atoms with Crippen LogP contribution >= 0.6 is 0 Å². The van der Waals surface area contributed by atoms with Crippen LogP contribution in [-0.2, 0) is 6.42 Å². The molecule has 8 aromatic carbocycles. The summed E-state index contributed by atoms with van der Waals surface area (Å²) in [5.41, 5.74) is 18.7. The number of hydrogen-bond acceptors (Lipinski definition) is 2. The van der Waals surface area contributed by atoms with Crippen molar-refractivity contribution in [2.45, 2.75) is 38.1 Å². The number of rotatable bonds is 10. The molecule has 64 heavy (non-hydrogen) atoms. The lowest BCUT2D eigenvalue weighted by Crippen LogP contribution is -2.33. The van der Waals surface area contributed by atoms with Gasteiger partial charge in [0.05, 0.1) is 6.04 Å². The van der Waals surface area contributed by atoms with Crippen LogP contribution in [0.25, 0.3) is 55.8 Å². The molecule has 0 heterocycles. The minimum atomic E-state index is 0.241. The molecule has 0 radical (unpaired) electrons. The van der Waals surface area contributed by atoms with Crippen LogP contribution < -0.4 is 9.80 Å². The molecule has 3 aliphatic rings. The van der Waals surface area contributed by atoms with E-state index in [1.807, 2.05) is 0 Å². The molecule has 0 N–H and O–H groups in total. The van der Waals surface area contributed by atoms with E-state index in [2.05, 4.69) is 246 Å². The van der Waals surface area contributed by atoms with Crippen LogP contribution in [0.4, 0.5) is 22.7 Å².